The van der Waals surface area contributed by atoms with Crippen LogP contribution in [0.15, 0.2) is 54.6 Å². The molecule has 4 nitrogen and oxygen atoms in total. The lowest BCUT2D eigenvalue weighted by Gasteiger charge is -2.23. The summed E-state index contributed by atoms with van der Waals surface area (Å²) < 4.78 is 6.77. The van der Waals surface area contributed by atoms with Crippen LogP contribution in [0, 0.1) is 0 Å². The summed E-state index contributed by atoms with van der Waals surface area (Å²) in [4.78, 5) is 0. The number of ether oxygens (including phenoxy) is 1. The van der Waals surface area contributed by atoms with E-state index in [1.807, 2.05) is 30.3 Å². The number of hydrogen-bond acceptors (Lipinski definition) is 3. The minimum absolute atomic E-state index is 0.621. The van der Waals surface area contributed by atoms with Crippen LogP contribution >= 0.6 is 0 Å². The van der Waals surface area contributed by atoms with Crippen molar-refractivity contribution >= 4 is 10.8 Å². The molecule has 0 aliphatic carbocycles. The number of likely N-dealkylation sites (N-methyl/N-ethyl adjacent to an activating group) is 1. The van der Waals surface area contributed by atoms with E-state index in [1.165, 1.54) is 5.56 Å². The Balaban J connectivity index is 1.87. The van der Waals surface area contributed by atoms with Gasteiger partial charge in [-0.1, -0.05) is 48.5 Å². The fraction of sp³-hybridized carbons (Fsp3) is 0.300. The van der Waals surface area contributed by atoms with Crippen LogP contribution in [-0.4, -0.2) is 49.0 Å². The molecule has 0 aliphatic rings. The molecule has 0 fully saturated rings. The molecular weight excluding hydrogens is 298 g/mol. The summed E-state index contributed by atoms with van der Waals surface area (Å²) in [6.45, 7) is 1.54. The number of nitrogens with zero attached hydrogens (tertiary/aromatic N) is 3. The monoisotopic (exact) mass is 322 g/mol. The van der Waals surface area contributed by atoms with Crippen LogP contribution in [0.4, 0.5) is 0 Å². The molecule has 0 spiro atoms. The Labute approximate surface area is 143 Å². The van der Waals surface area contributed by atoms with Gasteiger partial charge in [0.15, 0.2) is 0 Å². The van der Waals surface area contributed by atoms with E-state index in [1.54, 1.807) is 0 Å². The van der Waals surface area contributed by atoms with Gasteiger partial charge in [0.1, 0.15) is 13.2 Å². The number of fused-ring (bicyclic) bond motifs is 1. The van der Waals surface area contributed by atoms with Crippen LogP contribution in [0.2, 0.25) is 0 Å². The van der Waals surface area contributed by atoms with Crippen molar-refractivity contribution in [2.24, 2.45) is 0 Å². The van der Waals surface area contributed by atoms with Gasteiger partial charge in [-0.05, 0) is 11.6 Å². The fourth-order valence-corrected chi connectivity index (χ4v) is 2.58. The summed E-state index contributed by atoms with van der Waals surface area (Å²) in [5.74, 6) is 0.621. The molecule has 24 heavy (non-hydrogen) atoms. The van der Waals surface area contributed by atoms with Gasteiger partial charge in [-0.2, -0.15) is 5.10 Å². The van der Waals surface area contributed by atoms with Crippen molar-refractivity contribution in [3.63, 3.8) is 0 Å². The van der Waals surface area contributed by atoms with Crippen LogP contribution in [0.5, 0.6) is 5.88 Å². The lowest BCUT2D eigenvalue weighted by molar-refractivity contribution is -0.870. The van der Waals surface area contributed by atoms with E-state index < -0.39 is 0 Å². The fourth-order valence-electron chi connectivity index (χ4n) is 2.58. The standard InChI is InChI=1S/C20H24N3O/c1-23(2,3)13-14-24-20-18-12-8-7-11-17(18)19(21-22-20)15-16-9-5-4-6-10-16/h4-12H,13-15H2,1-3H3/q+1. The Morgan fingerprint density at radius 1 is 0.833 bits per heavy atom. The van der Waals surface area contributed by atoms with Crippen LogP contribution in [0.3, 0.4) is 0 Å². The predicted molar refractivity (Wildman–Crippen MR) is 97.2 cm³/mol. The Morgan fingerprint density at radius 2 is 1.50 bits per heavy atom. The van der Waals surface area contributed by atoms with Crippen molar-refractivity contribution < 1.29 is 9.22 Å². The maximum atomic E-state index is 5.91. The molecule has 0 unspecified atom stereocenters. The second-order valence-electron chi connectivity index (χ2n) is 7.02. The smallest absolute Gasteiger partial charge is 0.241 e. The molecular formula is C20H24N3O+. The van der Waals surface area contributed by atoms with Crippen molar-refractivity contribution in [3.05, 3.63) is 65.9 Å². The summed E-state index contributed by atoms with van der Waals surface area (Å²) in [6.07, 6.45) is 0.771. The van der Waals surface area contributed by atoms with Gasteiger partial charge in [-0.15, -0.1) is 5.10 Å². The van der Waals surface area contributed by atoms with Crippen LogP contribution in [0.1, 0.15) is 11.3 Å². The third-order valence-corrected chi connectivity index (χ3v) is 3.95. The molecule has 3 rings (SSSR count). The molecule has 0 bridgehead atoms. The molecule has 0 saturated heterocycles. The maximum absolute atomic E-state index is 5.91. The van der Waals surface area contributed by atoms with E-state index in [0.29, 0.717) is 12.5 Å². The summed E-state index contributed by atoms with van der Waals surface area (Å²) in [6, 6.07) is 18.6. The summed E-state index contributed by atoms with van der Waals surface area (Å²) in [5.41, 5.74) is 2.21. The number of quaternary nitrogens is 1. The lowest BCUT2D eigenvalue weighted by Crippen LogP contribution is -2.38. The van der Waals surface area contributed by atoms with Gasteiger partial charge in [0.05, 0.1) is 26.8 Å². The van der Waals surface area contributed by atoms with Gasteiger partial charge in [-0.25, -0.2) is 0 Å². The van der Waals surface area contributed by atoms with Crippen molar-refractivity contribution in [3.8, 4) is 5.88 Å². The maximum Gasteiger partial charge on any atom is 0.241 e. The average Bonchev–Trinajstić information content (AvgIpc) is 2.57. The van der Waals surface area contributed by atoms with Crippen LogP contribution in [0.25, 0.3) is 10.8 Å². The van der Waals surface area contributed by atoms with Gasteiger partial charge < -0.3 is 9.22 Å². The van der Waals surface area contributed by atoms with E-state index in [0.717, 1.165) is 33.9 Å². The lowest BCUT2D eigenvalue weighted by atomic mass is 10.0. The zero-order chi connectivity index (χ0) is 17.0. The second-order valence-corrected chi connectivity index (χ2v) is 7.02. The molecule has 0 saturated carbocycles. The van der Waals surface area contributed by atoms with Crippen molar-refractivity contribution in [1.82, 2.24) is 10.2 Å². The van der Waals surface area contributed by atoms with E-state index in [4.69, 9.17) is 4.74 Å². The summed E-state index contributed by atoms with van der Waals surface area (Å²) >= 11 is 0. The zero-order valence-corrected chi connectivity index (χ0v) is 14.6. The molecule has 1 heterocycles. The molecule has 0 N–H and O–H groups in total. The topological polar surface area (TPSA) is 35.0 Å². The highest BCUT2D eigenvalue weighted by molar-refractivity contribution is 5.88. The quantitative estimate of drug-likeness (QED) is 0.653. The van der Waals surface area contributed by atoms with E-state index in [2.05, 4.69) is 55.6 Å². The first kappa shape index (κ1) is 16.4. The largest absolute Gasteiger partial charge is 0.470 e. The Hall–Kier alpha value is -2.46. The molecule has 0 atom stereocenters. The molecule has 0 aliphatic heterocycles. The first-order chi connectivity index (χ1) is 11.5. The van der Waals surface area contributed by atoms with Crippen molar-refractivity contribution in [2.75, 3.05) is 34.3 Å². The minimum atomic E-state index is 0.621. The SMILES string of the molecule is C[N+](C)(C)CCOc1nnc(Cc2ccccc2)c2ccccc12. The van der Waals surface area contributed by atoms with Gasteiger partial charge in [-0.3, -0.25) is 0 Å². The summed E-state index contributed by atoms with van der Waals surface area (Å²) in [7, 11) is 6.45. The van der Waals surface area contributed by atoms with Crippen molar-refractivity contribution in [2.45, 2.75) is 6.42 Å². The van der Waals surface area contributed by atoms with Gasteiger partial charge in [0.2, 0.25) is 5.88 Å². The van der Waals surface area contributed by atoms with Gasteiger partial charge in [0.25, 0.3) is 0 Å². The van der Waals surface area contributed by atoms with E-state index in [9.17, 15) is 0 Å². The highest BCUT2D eigenvalue weighted by atomic mass is 16.5. The van der Waals surface area contributed by atoms with Gasteiger partial charge >= 0.3 is 0 Å². The third-order valence-electron chi connectivity index (χ3n) is 3.95. The first-order valence-corrected chi connectivity index (χ1v) is 8.24. The Kier molecular flexibility index (Phi) is 4.76. The molecule has 0 amide bonds. The summed E-state index contributed by atoms with van der Waals surface area (Å²) in [5, 5.41) is 10.9. The van der Waals surface area contributed by atoms with Gasteiger partial charge in [0, 0.05) is 17.2 Å². The van der Waals surface area contributed by atoms with Crippen molar-refractivity contribution in [1.29, 1.82) is 0 Å². The van der Waals surface area contributed by atoms with E-state index >= 15 is 0 Å². The molecule has 4 heteroatoms. The predicted octanol–water partition coefficient (Wildman–Crippen LogP) is 3.31. The Morgan fingerprint density at radius 3 is 2.21 bits per heavy atom. The first-order valence-electron chi connectivity index (χ1n) is 8.24. The number of aromatic nitrogens is 2. The highest BCUT2D eigenvalue weighted by Gasteiger charge is 2.12. The molecule has 0 radical (unpaired) electrons. The van der Waals surface area contributed by atoms with Crippen LogP contribution < -0.4 is 4.74 Å². The molecule has 3 aromatic rings. The number of rotatable bonds is 6. The Bertz CT molecular complexity index is 810. The zero-order valence-electron chi connectivity index (χ0n) is 14.6. The molecule has 1 aromatic heterocycles. The van der Waals surface area contributed by atoms with E-state index in [-0.39, 0.29) is 0 Å². The van der Waals surface area contributed by atoms with Crippen LogP contribution in [-0.2, 0) is 6.42 Å². The average molecular weight is 322 g/mol. The number of hydrogen-bond donors (Lipinski definition) is 0. The minimum Gasteiger partial charge on any atom is -0.470 e. The molecule has 2 aromatic carbocycles. The third kappa shape index (κ3) is 4.09. The highest BCUT2D eigenvalue weighted by Crippen LogP contribution is 2.26. The number of benzene rings is 2. The second kappa shape index (κ2) is 6.97. The normalized spacial score (nSPS) is 11.6. The molecule has 124 valence electrons.